The molecule has 0 radical (unpaired) electrons. The number of carbonyl (C=O) groups is 1. The number of nitrogens with zero attached hydrogens (tertiary/aromatic N) is 1. The van der Waals surface area contributed by atoms with Crippen molar-refractivity contribution in [3.63, 3.8) is 0 Å². The summed E-state index contributed by atoms with van der Waals surface area (Å²) >= 11 is 12.4. The van der Waals surface area contributed by atoms with Gasteiger partial charge in [-0.15, -0.1) is 0 Å². The van der Waals surface area contributed by atoms with Crippen LogP contribution in [0.5, 0.6) is 5.75 Å². The number of rotatable bonds is 3. The molecule has 2 atom stereocenters. The van der Waals surface area contributed by atoms with Crippen molar-refractivity contribution in [3.05, 3.63) is 27.7 Å². The summed E-state index contributed by atoms with van der Waals surface area (Å²) in [5, 5.41) is 20.4. The minimum atomic E-state index is -1.15. The molecule has 0 spiro atoms. The molecule has 22 heavy (non-hydrogen) atoms. The molecular formula is C15H19Cl2NO4. The van der Waals surface area contributed by atoms with Gasteiger partial charge in [-0.2, -0.15) is 0 Å². The van der Waals surface area contributed by atoms with Gasteiger partial charge in [0.15, 0.2) is 0 Å². The van der Waals surface area contributed by atoms with Crippen LogP contribution in [0.1, 0.15) is 31.7 Å². The Morgan fingerprint density at radius 2 is 2.05 bits per heavy atom. The molecular weight excluding hydrogens is 329 g/mol. The average molecular weight is 348 g/mol. The van der Waals surface area contributed by atoms with Gasteiger partial charge >= 0.3 is 6.09 Å². The second kappa shape index (κ2) is 6.14. The van der Waals surface area contributed by atoms with Crippen LogP contribution in [0.25, 0.3) is 0 Å². The van der Waals surface area contributed by atoms with Crippen LogP contribution in [-0.2, 0) is 0 Å². The summed E-state index contributed by atoms with van der Waals surface area (Å²) < 4.78 is 5.34. The number of methoxy groups -OCH3 is 1. The van der Waals surface area contributed by atoms with Crippen LogP contribution in [0.4, 0.5) is 4.79 Å². The van der Waals surface area contributed by atoms with Gasteiger partial charge in [-0.3, -0.25) is 0 Å². The Hall–Kier alpha value is -1.17. The molecule has 0 saturated carbocycles. The van der Waals surface area contributed by atoms with Gasteiger partial charge in [0.1, 0.15) is 5.75 Å². The maximum Gasteiger partial charge on any atom is 0.407 e. The van der Waals surface area contributed by atoms with Crippen LogP contribution in [0, 0.1) is 0 Å². The van der Waals surface area contributed by atoms with Gasteiger partial charge in [0.25, 0.3) is 0 Å². The third kappa shape index (κ3) is 3.12. The Kier molecular flexibility index (Phi) is 4.80. The first kappa shape index (κ1) is 17.2. The molecule has 7 heteroatoms. The zero-order chi connectivity index (χ0) is 16.7. The summed E-state index contributed by atoms with van der Waals surface area (Å²) in [6.07, 6.45) is -0.613. The highest BCUT2D eigenvalue weighted by molar-refractivity contribution is 6.42. The van der Waals surface area contributed by atoms with E-state index < -0.39 is 17.7 Å². The van der Waals surface area contributed by atoms with Crippen molar-refractivity contribution in [1.29, 1.82) is 0 Å². The largest absolute Gasteiger partial charge is 0.496 e. The van der Waals surface area contributed by atoms with Crippen molar-refractivity contribution < 1.29 is 19.7 Å². The van der Waals surface area contributed by atoms with Gasteiger partial charge in [-0.1, -0.05) is 23.2 Å². The lowest BCUT2D eigenvalue weighted by molar-refractivity contribution is 0.00180. The maximum absolute atomic E-state index is 11.5. The van der Waals surface area contributed by atoms with E-state index in [4.69, 9.17) is 27.9 Å². The lowest BCUT2D eigenvalue weighted by Gasteiger charge is -2.31. The molecule has 0 bridgehead atoms. The van der Waals surface area contributed by atoms with Crippen LogP contribution in [-0.4, -0.2) is 46.5 Å². The van der Waals surface area contributed by atoms with Crippen molar-refractivity contribution >= 4 is 29.3 Å². The number of aliphatic hydroxyl groups is 1. The summed E-state index contributed by atoms with van der Waals surface area (Å²) in [4.78, 5) is 12.7. The Bertz CT molecular complexity index is 586. The lowest BCUT2D eigenvalue weighted by atomic mass is 9.89. The number of benzene rings is 1. The number of halogens is 2. The van der Waals surface area contributed by atoms with Crippen LogP contribution in [0.3, 0.4) is 0 Å². The van der Waals surface area contributed by atoms with E-state index in [0.717, 1.165) is 0 Å². The van der Waals surface area contributed by atoms with Gasteiger partial charge in [0, 0.05) is 18.0 Å². The van der Waals surface area contributed by atoms with Crippen molar-refractivity contribution in [3.8, 4) is 5.75 Å². The number of amides is 1. The molecule has 1 fully saturated rings. The molecule has 2 rings (SSSR count). The highest BCUT2D eigenvalue weighted by Gasteiger charge is 2.44. The van der Waals surface area contributed by atoms with E-state index in [1.54, 1.807) is 26.0 Å². The number of likely N-dealkylation sites (tertiary alicyclic amines) is 1. The molecule has 1 heterocycles. The zero-order valence-corrected chi connectivity index (χ0v) is 14.1. The molecule has 122 valence electrons. The first-order chi connectivity index (χ1) is 10.2. The normalized spacial score (nSPS) is 22.0. The summed E-state index contributed by atoms with van der Waals surface area (Å²) in [5.41, 5.74) is -0.458. The second-order valence-corrected chi connectivity index (χ2v) is 6.80. The topological polar surface area (TPSA) is 70.0 Å². The van der Waals surface area contributed by atoms with E-state index in [-0.39, 0.29) is 12.5 Å². The van der Waals surface area contributed by atoms with Crippen LogP contribution in [0.15, 0.2) is 12.1 Å². The fourth-order valence-electron chi connectivity index (χ4n) is 3.03. The van der Waals surface area contributed by atoms with Gasteiger partial charge in [-0.25, -0.2) is 4.79 Å². The highest BCUT2D eigenvalue weighted by atomic mass is 35.5. The zero-order valence-electron chi connectivity index (χ0n) is 12.6. The van der Waals surface area contributed by atoms with E-state index in [1.165, 1.54) is 12.0 Å². The van der Waals surface area contributed by atoms with Crippen molar-refractivity contribution in [2.45, 2.75) is 37.8 Å². The quantitative estimate of drug-likeness (QED) is 0.876. The number of carboxylic acid groups (broad SMARTS) is 1. The van der Waals surface area contributed by atoms with Crippen molar-refractivity contribution in [2.24, 2.45) is 0 Å². The maximum atomic E-state index is 11.5. The molecule has 1 amide bonds. The van der Waals surface area contributed by atoms with Gasteiger partial charge in [0.2, 0.25) is 0 Å². The fraction of sp³-hybridized carbons (Fsp3) is 0.533. The van der Waals surface area contributed by atoms with E-state index in [9.17, 15) is 15.0 Å². The number of hydrogen-bond donors (Lipinski definition) is 2. The third-order valence-corrected chi connectivity index (χ3v) is 4.90. The molecule has 0 aliphatic carbocycles. The molecule has 5 nitrogen and oxygen atoms in total. The molecule has 1 saturated heterocycles. The third-order valence-electron chi connectivity index (χ3n) is 4.08. The smallest absolute Gasteiger partial charge is 0.407 e. The van der Waals surface area contributed by atoms with Gasteiger partial charge in [-0.05, 0) is 32.4 Å². The monoisotopic (exact) mass is 347 g/mol. The first-order valence-electron chi connectivity index (χ1n) is 6.90. The standard InChI is InChI=1S/C15H19Cl2NO4/c1-15(2,21)11-6-8(7-18(11)14(19)20)12-10(22-3)5-4-9(16)13(12)17/h4-5,8,11,21H,6-7H2,1-3H3,(H,19,20)/t8-,11-/m0/s1. The molecule has 0 unspecified atom stereocenters. The summed E-state index contributed by atoms with van der Waals surface area (Å²) in [7, 11) is 1.53. The van der Waals surface area contributed by atoms with Crippen LogP contribution < -0.4 is 4.74 Å². The van der Waals surface area contributed by atoms with E-state index in [0.29, 0.717) is 27.8 Å². The fourth-order valence-corrected chi connectivity index (χ4v) is 3.51. The highest BCUT2D eigenvalue weighted by Crippen LogP contribution is 2.44. The molecule has 1 aromatic carbocycles. The first-order valence-corrected chi connectivity index (χ1v) is 7.66. The summed E-state index contributed by atoms with van der Waals surface area (Å²) in [6, 6.07) is 2.84. The molecule has 1 aliphatic heterocycles. The summed E-state index contributed by atoms with van der Waals surface area (Å²) in [6.45, 7) is 3.44. The van der Waals surface area contributed by atoms with E-state index >= 15 is 0 Å². The number of ether oxygens (including phenoxy) is 1. The van der Waals surface area contributed by atoms with Crippen LogP contribution in [0.2, 0.25) is 10.0 Å². The molecule has 1 aromatic rings. The molecule has 0 aromatic heterocycles. The lowest BCUT2D eigenvalue weighted by Crippen LogP contribution is -2.47. The van der Waals surface area contributed by atoms with Crippen molar-refractivity contribution in [1.82, 2.24) is 4.90 Å². The Morgan fingerprint density at radius 1 is 1.41 bits per heavy atom. The Labute approximate surface area is 139 Å². The molecule has 2 N–H and O–H groups in total. The Balaban J connectivity index is 2.44. The average Bonchev–Trinajstić information content (AvgIpc) is 2.86. The SMILES string of the molecule is COc1ccc(Cl)c(Cl)c1[C@H]1C[C@@H](C(C)(C)O)N(C(=O)O)C1. The summed E-state index contributed by atoms with van der Waals surface area (Å²) in [5.74, 6) is 0.384. The predicted molar refractivity (Wildman–Crippen MR) is 85.2 cm³/mol. The van der Waals surface area contributed by atoms with E-state index in [1.807, 2.05) is 0 Å². The van der Waals surface area contributed by atoms with Gasteiger partial charge < -0.3 is 19.8 Å². The minimum Gasteiger partial charge on any atom is -0.496 e. The van der Waals surface area contributed by atoms with Crippen LogP contribution >= 0.6 is 23.2 Å². The minimum absolute atomic E-state index is 0.186. The second-order valence-electron chi connectivity index (χ2n) is 6.01. The van der Waals surface area contributed by atoms with Gasteiger partial charge in [0.05, 0.1) is 28.8 Å². The van der Waals surface area contributed by atoms with E-state index in [2.05, 4.69) is 0 Å². The number of hydrogen-bond acceptors (Lipinski definition) is 3. The Morgan fingerprint density at radius 3 is 2.50 bits per heavy atom. The molecule has 1 aliphatic rings. The predicted octanol–water partition coefficient (Wildman–Crippen LogP) is 3.61. The van der Waals surface area contributed by atoms with Crippen molar-refractivity contribution in [2.75, 3.05) is 13.7 Å².